The highest BCUT2D eigenvalue weighted by Gasteiger charge is 2.10. The van der Waals surface area contributed by atoms with E-state index in [1.165, 1.54) is 11.6 Å². The number of nitrogens with zero attached hydrogens (tertiary/aromatic N) is 2. The maximum Gasteiger partial charge on any atom is 0.118 e. The summed E-state index contributed by atoms with van der Waals surface area (Å²) in [5, 5.41) is 9.34. The third-order valence-electron chi connectivity index (χ3n) is 5.79. The van der Waals surface area contributed by atoms with Crippen LogP contribution in [0.4, 0.5) is 4.39 Å². The molecule has 0 aliphatic carbocycles. The van der Waals surface area contributed by atoms with Gasteiger partial charge in [0.15, 0.2) is 0 Å². The van der Waals surface area contributed by atoms with Crippen molar-refractivity contribution in [1.29, 1.82) is 5.26 Å². The van der Waals surface area contributed by atoms with E-state index in [4.69, 9.17) is 10.7 Å². The van der Waals surface area contributed by atoms with Gasteiger partial charge in [-0.1, -0.05) is 62.9 Å². The Morgan fingerprint density at radius 3 is 2.41 bits per heavy atom. The molecular formula is C33H42FN3. The number of nitriles is 1. The minimum atomic E-state index is -0.187. The van der Waals surface area contributed by atoms with E-state index >= 15 is 0 Å². The van der Waals surface area contributed by atoms with Crippen molar-refractivity contribution < 1.29 is 4.39 Å². The Morgan fingerprint density at radius 1 is 1.19 bits per heavy atom. The molecule has 1 atom stereocenters. The van der Waals surface area contributed by atoms with Gasteiger partial charge >= 0.3 is 0 Å². The van der Waals surface area contributed by atoms with Gasteiger partial charge in [0.2, 0.25) is 0 Å². The smallest absolute Gasteiger partial charge is 0.118 e. The van der Waals surface area contributed by atoms with Crippen LogP contribution in [0.5, 0.6) is 0 Å². The predicted octanol–water partition coefficient (Wildman–Crippen LogP) is 8.59. The number of allylic oxidation sites excluding steroid dienone is 5. The molecule has 4 heteroatoms. The summed E-state index contributed by atoms with van der Waals surface area (Å²) in [7, 11) is 0. The van der Waals surface area contributed by atoms with Crippen LogP contribution < -0.4 is 5.73 Å². The van der Waals surface area contributed by atoms with Crippen LogP contribution in [0.3, 0.4) is 0 Å². The number of aromatic nitrogens is 1. The summed E-state index contributed by atoms with van der Waals surface area (Å²) in [6.45, 7) is 16.6. The molecule has 0 bridgehead atoms. The summed E-state index contributed by atoms with van der Waals surface area (Å²) in [6.07, 6.45) is 17.1. The number of aryl methyl sites for hydroxylation is 1. The maximum atomic E-state index is 13.4. The van der Waals surface area contributed by atoms with Gasteiger partial charge in [-0.15, -0.1) is 12.8 Å². The van der Waals surface area contributed by atoms with Crippen LogP contribution in [-0.4, -0.2) is 11.5 Å². The zero-order valence-electron chi connectivity index (χ0n) is 22.9. The fourth-order valence-corrected chi connectivity index (χ4v) is 3.45. The average Bonchev–Trinajstić information content (AvgIpc) is 2.93. The monoisotopic (exact) mass is 499 g/mol. The van der Waals surface area contributed by atoms with Gasteiger partial charge in [0.25, 0.3) is 0 Å². The lowest BCUT2D eigenvalue weighted by Gasteiger charge is -2.12. The Balaban J connectivity index is 0.00000111. The van der Waals surface area contributed by atoms with E-state index in [0.717, 1.165) is 60.3 Å². The lowest BCUT2D eigenvalue weighted by Crippen LogP contribution is -2.11. The molecule has 2 N–H and O–H groups in total. The Labute approximate surface area is 224 Å². The van der Waals surface area contributed by atoms with E-state index in [-0.39, 0.29) is 5.83 Å². The Morgan fingerprint density at radius 2 is 1.86 bits per heavy atom. The molecule has 0 saturated heterocycles. The molecule has 0 radical (unpaired) electrons. The summed E-state index contributed by atoms with van der Waals surface area (Å²) in [6, 6.07) is 13.7. The molecule has 0 amide bonds. The van der Waals surface area contributed by atoms with Gasteiger partial charge < -0.3 is 5.73 Å². The molecule has 1 aromatic heterocycles. The van der Waals surface area contributed by atoms with E-state index in [1.807, 2.05) is 37.3 Å². The van der Waals surface area contributed by atoms with E-state index in [9.17, 15) is 9.65 Å². The van der Waals surface area contributed by atoms with Crippen molar-refractivity contribution in [3.05, 3.63) is 96.0 Å². The molecule has 37 heavy (non-hydrogen) atoms. The van der Waals surface area contributed by atoms with Crippen LogP contribution in [0.1, 0.15) is 70.2 Å². The summed E-state index contributed by atoms with van der Waals surface area (Å²) < 4.78 is 13.4. The van der Waals surface area contributed by atoms with Crippen molar-refractivity contribution in [3.63, 3.8) is 0 Å². The van der Waals surface area contributed by atoms with Gasteiger partial charge in [-0.3, -0.25) is 4.98 Å². The summed E-state index contributed by atoms with van der Waals surface area (Å²) in [4.78, 5) is 4.82. The first-order chi connectivity index (χ1) is 17.8. The van der Waals surface area contributed by atoms with Gasteiger partial charge in [-0.2, -0.15) is 5.26 Å². The van der Waals surface area contributed by atoms with Crippen LogP contribution in [-0.2, 0) is 6.42 Å². The number of nitrogens with two attached hydrogens (primary N) is 1. The third kappa shape index (κ3) is 12.2. The summed E-state index contributed by atoms with van der Waals surface area (Å²) in [5.41, 5.74) is 11.9. The molecule has 1 heterocycles. The topological polar surface area (TPSA) is 62.7 Å². The lowest BCUT2D eigenvalue weighted by molar-refractivity contribution is 0.650. The Bertz CT molecular complexity index is 1120. The number of unbranched alkanes of at least 4 members (excludes halogenated alkanes) is 2. The van der Waals surface area contributed by atoms with E-state index in [2.05, 4.69) is 45.9 Å². The van der Waals surface area contributed by atoms with Crippen LogP contribution in [0.15, 0.2) is 79.2 Å². The normalized spacial score (nSPS) is 11.4. The van der Waals surface area contributed by atoms with Gasteiger partial charge in [0.1, 0.15) is 5.83 Å². The molecule has 0 spiro atoms. The first kappa shape index (κ1) is 33.3. The summed E-state index contributed by atoms with van der Waals surface area (Å²) in [5.74, 6) is 0.313. The molecule has 2 aromatic rings. The van der Waals surface area contributed by atoms with Crippen LogP contribution in [0, 0.1) is 30.1 Å². The standard InChI is InChI=1S/C24H25FN2.C7H15N.C2H2/c1-4-10-20(25)12-6-5-7-14-23-21(18(2)3)15-16-24(27-23)22-13-9-8-11-19(22)17-26;1-4-6(2)7(3)5-8;1-2/h4,8-13,15-16H,2,5-7,14H2,1,3H3;7H,2,4-5,8H2,1,3H3;1-2H/b10-4-,20-12+;;. The third-order valence-corrected chi connectivity index (χ3v) is 5.79. The Kier molecular flexibility index (Phi) is 17.5. The molecular weight excluding hydrogens is 457 g/mol. The van der Waals surface area contributed by atoms with Gasteiger partial charge in [-0.05, 0) is 93.8 Å². The largest absolute Gasteiger partial charge is 0.330 e. The van der Waals surface area contributed by atoms with Crippen molar-refractivity contribution in [2.75, 3.05) is 6.54 Å². The molecule has 0 aliphatic rings. The fraction of sp³-hybridized carbons (Fsp3) is 0.333. The van der Waals surface area contributed by atoms with Crippen LogP contribution in [0.25, 0.3) is 16.8 Å². The van der Waals surface area contributed by atoms with Crippen molar-refractivity contribution in [3.8, 4) is 30.2 Å². The van der Waals surface area contributed by atoms with Crippen molar-refractivity contribution in [2.24, 2.45) is 11.7 Å². The number of hydrogen-bond acceptors (Lipinski definition) is 3. The zero-order valence-corrected chi connectivity index (χ0v) is 22.9. The second-order valence-corrected chi connectivity index (χ2v) is 8.61. The minimum Gasteiger partial charge on any atom is -0.330 e. The van der Waals surface area contributed by atoms with Crippen LogP contribution in [0.2, 0.25) is 0 Å². The summed E-state index contributed by atoms with van der Waals surface area (Å²) >= 11 is 0. The molecule has 2 rings (SSSR count). The number of pyridine rings is 1. The highest BCUT2D eigenvalue weighted by Crippen LogP contribution is 2.26. The second kappa shape index (κ2) is 19.5. The fourth-order valence-electron chi connectivity index (χ4n) is 3.45. The quantitative estimate of drug-likeness (QED) is 0.146. The Hall–Kier alpha value is -3.73. The molecule has 0 fully saturated rings. The van der Waals surface area contributed by atoms with Crippen molar-refractivity contribution >= 4 is 5.57 Å². The maximum absolute atomic E-state index is 13.4. The highest BCUT2D eigenvalue weighted by atomic mass is 19.1. The molecule has 1 aromatic carbocycles. The molecule has 1 unspecified atom stereocenters. The molecule has 3 nitrogen and oxygen atoms in total. The first-order valence-electron chi connectivity index (χ1n) is 12.6. The number of rotatable bonds is 11. The SMILES string of the molecule is C#C.C=C(C)c1ccc(-c2ccccc2C#N)nc1CCCC/C=C(F)\C=C/C.C=C(CC)C(C)CN. The van der Waals surface area contributed by atoms with E-state index < -0.39 is 0 Å². The van der Waals surface area contributed by atoms with E-state index in [0.29, 0.717) is 17.9 Å². The zero-order chi connectivity index (χ0) is 28.2. The van der Waals surface area contributed by atoms with Gasteiger partial charge in [-0.25, -0.2) is 4.39 Å². The van der Waals surface area contributed by atoms with Crippen LogP contribution >= 0.6 is 0 Å². The molecule has 196 valence electrons. The van der Waals surface area contributed by atoms with E-state index in [1.54, 1.807) is 25.1 Å². The van der Waals surface area contributed by atoms with Gasteiger partial charge in [0, 0.05) is 11.3 Å². The minimum absolute atomic E-state index is 0.187. The lowest BCUT2D eigenvalue weighted by atomic mass is 9.99. The van der Waals surface area contributed by atoms with Crippen molar-refractivity contribution in [1.82, 2.24) is 4.98 Å². The number of terminal acetylenes is 1. The second-order valence-electron chi connectivity index (χ2n) is 8.61. The number of benzene rings is 1. The molecule has 0 aliphatic heterocycles. The van der Waals surface area contributed by atoms with Crippen molar-refractivity contribution in [2.45, 2.75) is 59.8 Å². The average molecular weight is 500 g/mol. The van der Waals surface area contributed by atoms with Gasteiger partial charge in [0.05, 0.1) is 17.3 Å². The molecule has 0 saturated carbocycles. The first-order valence-corrected chi connectivity index (χ1v) is 12.6. The highest BCUT2D eigenvalue weighted by molar-refractivity contribution is 5.70. The number of hydrogen-bond donors (Lipinski definition) is 1. The predicted molar refractivity (Wildman–Crippen MR) is 158 cm³/mol. The number of halogens is 1.